The van der Waals surface area contributed by atoms with E-state index in [-0.39, 0.29) is 37.8 Å². The van der Waals surface area contributed by atoms with Gasteiger partial charge in [-0.25, -0.2) is 14.8 Å². The molecule has 0 unspecified atom stereocenters. The Morgan fingerprint density at radius 1 is 0.472 bits per heavy atom. The molecule has 10 rings (SSSR count). The normalized spacial score (nSPS) is 12.1. The van der Waals surface area contributed by atoms with Crippen LogP contribution in [0.4, 0.5) is 0 Å². The molecular weight excluding hydrogens is 1120 g/mol. The number of aromatic nitrogens is 4. The van der Waals surface area contributed by atoms with E-state index in [2.05, 4.69) is 115 Å². The molecule has 12 N–H and O–H groups in total. The van der Waals surface area contributed by atoms with Gasteiger partial charge in [0, 0.05) is 75.9 Å². The third-order valence-corrected chi connectivity index (χ3v) is 15.2. The van der Waals surface area contributed by atoms with Gasteiger partial charge in [-0.05, 0) is 114 Å². The zero-order valence-electron chi connectivity index (χ0n) is 48.8. The number of carbonyl (C=O) groups is 6. The minimum absolute atomic E-state index is 0.0721. The van der Waals surface area contributed by atoms with Gasteiger partial charge in [-0.1, -0.05) is 140 Å². The van der Waals surface area contributed by atoms with Gasteiger partial charge in [0.1, 0.15) is 12.1 Å². The average molecular weight is 1190 g/mol. The number of rotatable bonds is 25. The van der Waals surface area contributed by atoms with Crippen molar-refractivity contribution in [1.82, 2.24) is 51.8 Å². The van der Waals surface area contributed by atoms with Crippen LogP contribution in [0, 0.1) is 5.41 Å². The highest BCUT2D eigenvalue weighted by molar-refractivity contribution is 6.01. The lowest BCUT2D eigenvalue weighted by Gasteiger charge is -2.19. The molecule has 19 heteroatoms. The van der Waals surface area contributed by atoms with Gasteiger partial charge >= 0.3 is 5.97 Å². The van der Waals surface area contributed by atoms with Crippen molar-refractivity contribution in [2.24, 2.45) is 5.73 Å². The van der Waals surface area contributed by atoms with E-state index < -0.39 is 54.6 Å². The number of nitrogens with two attached hydrogens (primary N) is 1. The average Bonchev–Trinajstić information content (AvgIpc) is 1.81. The lowest BCUT2D eigenvalue weighted by Crippen LogP contribution is -2.51. The molecular formula is C70H68N12O7. The number of nitrogens with one attached hydrogen (secondary N) is 9. The monoisotopic (exact) mass is 1190 g/mol. The molecule has 450 valence electrons. The van der Waals surface area contributed by atoms with Gasteiger partial charge in [-0.2, -0.15) is 0 Å². The first-order valence-electron chi connectivity index (χ1n) is 29.5. The van der Waals surface area contributed by atoms with Crippen LogP contribution in [0.25, 0.3) is 90.9 Å². The van der Waals surface area contributed by atoms with Crippen molar-refractivity contribution in [3.63, 3.8) is 0 Å². The Balaban J connectivity index is 0.809. The summed E-state index contributed by atoms with van der Waals surface area (Å²) >= 11 is 0. The SMILES string of the molecule is N=C(N)NCCC[C@H](NC(=O)CCCCCNC(=O)c1ccc(-c2c3nc(c(-c4ccccc4)c4ccc([nH]4)c(-c4ccccc4)c4nc(c(-c5ccccc5)c5ccc2[nH]5)C=C4)C=C3)cc1)C(=O)NCC(=O)N[C@@H](CC(=O)NCc1ccccc1)C(=O)O. The number of carboxylic acid groups (broad SMARTS) is 1. The summed E-state index contributed by atoms with van der Waals surface area (Å²) in [5.41, 5.74) is 20.8. The number of aliphatic carboxylic acids is 1. The quantitative estimate of drug-likeness (QED) is 0.0145. The molecule has 2 aliphatic rings. The molecule has 0 fully saturated rings. The number of carboxylic acids is 1. The fraction of sp³-hybridized carbons (Fsp3) is 0.186. The Morgan fingerprint density at radius 2 is 0.921 bits per heavy atom. The number of guanidine groups is 1. The number of unbranched alkanes of at least 4 members (excludes halogenated alkanes) is 2. The van der Waals surface area contributed by atoms with Gasteiger partial charge in [0.2, 0.25) is 23.6 Å². The summed E-state index contributed by atoms with van der Waals surface area (Å²) in [6.07, 6.45) is 9.83. The van der Waals surface area contributed by atoms with Crippen LogP contribution in [-0.4, -0.2) is 98.2 Å². The van der Waals surface area contributed by atoms with Gasteiger partial charge in [-0.3, -0.25) is 29.4 Å². The van der Waals surface area contributed by atoms with Crippen molar-refractivity contribution in [2.45, 2.75) is 63.6 Å². The molecule has 2 atom stereocenters. The van der Waals surface area contributed by atoms with Crippen LogP contribution >= 0.6 is 0 Å². The van der Waals surface area contributed by atoms with E-state index >= 15 is 0 Å². The molecule has 0 saturated carbocycles. The van der Waals surface area contributed by atoms with Gasteiger partial charge in [0.25, 0.3) is 5.91 Å². The number of H-pyrrole nitrogens is 2. The lowest BCUT2D eigenvalue weighted by molar-refractivity contribution is -0.143. The summed E-state index contributed by atoms with van der Waals surface area (Å²) in [4.78, 5) is 95.8. The summed E-state index contributed by atoms with van der Waals surface area (Å²) in [7, 11) is 0. The predicted octanol–water partition coefficient (Wildman–Crippen LogP) is 9.75. The minimum Gasteiger partial charge on any atom is -0.480 e. The molecule has 5 aromatic carbocycles. The maximum atomic E-state index is 13.7. The number of carbonyl (C=O) groups excluding carboxylic acids is 5. The van der Waals surface area contributed by atoms with E-state index in [4.69, 9.17) is 21.1 Å². The van der Waals surface area contributed by atoms with E-state index in [0.29, 0.717) is 37.8 Å². The summed E-state index contributed by atoms with van der Waals surface area (Å²) in [6.45, 7) is 0.141. The molecule has 2 aliphatic heterocycles. The molecule has 8 aromatic rings. The molecule has 0 saturated heterocycles. The van der Waals surface area contributed by atoms with Crippen LogP contribution in [-0.2, 0) is 30.5 Å². The third-order valence-electron chi connectivity index (χ3n) is 15.2. The van der Waals surface area contributed by atoms with Gasteiger partial charge < -0.3 is 52.7 Å². The number of fused-ring (bicyclic) bond motifs is 8. The van der Waals surface area contributed by atoms with Gasteiger partial charge in [0.15, 0.2) is 5.96 Å². The second-order valence-electron chi connectivity index (χ2n) is 21.5. The topological polar surface area (TPSA) is 302 Å². The fourth-order valence-corrected chi connectivity index (χ4v) is 10.8. The molecule has 5 heterocycles. The maximum absolute atomic E-state index is 13.7. The molecule has 0 aliphatic carbocycles. The highest BCUT2D eigenvalue weighted by atomic mass is 16.4. The Bertz CT molecular complexity index is 4090. The zero-order chi connectivity index (χ0) is 62.1. The molecule has 19 nitrogen and oxygen atoms in total. The summed E-state index contributed by atoms with van der Waals surface area (Å²) < 4.78 is 0. The van der Waals surface area contributed by atoms with Crippen LogP contribution in [0.15, 0.2) is 170 Å². The van der Waals surface area contributed by atoms with Crippen molar-refractivity contribution in [2.75, 3.05) is 19.6 Å². The second kappa shape index (κ2) is 29.3. The molecule has 8 bridgehead atoms. The Kier molecular flexibility index (Phi) is 20.0. The third kappa shape index (κ3) is 15.8. The highest BCUT2D eigenvalue weighted by Gasteiger charge is 2.26. The first kappa shape index (κ1) is 60.9. The van der Waals surface area contributed by atoms with Crippen LogP contribution in [0.2, 0.25) is 0 Å². The molecule has 0 radical (unpaired) electrons. The van der Waals surface area contributed by atoms with Crippen LogP contribution in [0.1, 0.15) is 83.6 Å². The summed E-state index contributed by atoms with van der Waals surface area (Å²) in [5.74, 6) is -4.49. The van der Waals surface area contributed by atoms with E-state index in [1.165, 1.54) is 0 Å². The smallest absolute Gasteiger partial charge is 0.326 e. The number of benzene rings is 5. The maximum Gasteiger partial charge on any atom is 0.326 e. The second-order valence-corrected chi connectivity index (χ2v) is 21.5. The van der Waals surface area contributed by atoms with Crippen LogP contribution in [0.5, 0.6) is 0 Å². The molecule has 3 aromatic heterocycles. The first-order chi connectivity index (χ1) is 43.3. The largest absolute Gasteiger partial charge is 0.480 e. The van der Waals surface area contributed by atoms with E-state index in [9.17, 15) is 33.9 Å². The fourth-order valence-electron chi connectivity index (χ4n) is 10.8. The predicted molar refractivity (Wildman–Crippen MR) is 348 cm³/mol. The number of aromatic amines is 2. The Hall–Kier alpha value is -11.2. The Morgan fingerprint density at radius 3 is 1.39 bits per heavy atom. The van der Waals surface area contributed by atoms with E-state index in [0.717, 1.165) is 94.9 Å². The van der Waals surface area contributed by atoms with Crippen molar-refractivity contribution < 1.29 is 33.9 Å². The van der Waals surface area contributed by atoms with Crippen molar-refractivity contribution >= 4 is 87.8 Å². The first-order valence-corrected chi connectivity index (χ1v) is 29.5. The lowest BCUT2D eigenvalue weighted by atomic mass is 10.0. The Labute approximate surface area is 513 Å². The van der Waals surface area contributed by atoms with E-state index in [1.807, 2.05) is 84.9 Å². The summed E-state index contributed by atoms with van der Waals surface area (Å²) in [5, 5.41) is 32.9. The van der Waals surface area contributed by atoms with E-state index in [1.54, 1.807) is 36.4 Å². The van der Waals surface area contributed by atoms with Crippen LogP contribution < -0.4 is 37.6 Å². The highest BCUT2D eigenvalue weighted by Crippen LogP contribution is 2.38. The van der Waals surface area contributed by atoms with Crippen molar-refractivity contribution in [1.29, 1.82) is 5.41 Å². The van der Waals surface area contributed by atoms with Gasteiger partial charge in [-0.15, -0.1) is 0 Å². The zero-order valence-corrected chi connectivity index (χ0v) is 48.8. The van der Waals surface area contributed by atoms with Crippen LogP contribution in [0.3, 0.4) is 0 Å². The molecule has 0 spiro atoms. The number of hydrogen-bond donors (Lipinski definition) is 11. The van der Waals surface area contributed by atoms with Crippen molar-refractivity contribution in [3.05, 3.63) is 204 Å². The number of hydrogen-bond acceptors (Lipinski definition) is 9. The molecule has 5 amide bonds. The number of amides is 5. The van der Waals surface area contributed by atoms with Gasteiger partial charge in [0.05, 0.1) is 35.7 Å². The summed E-state index contributed by atoms with van der Waals surface area (Å²) in [6, 6.07) is 52.9. The number of nitrogens with zero attached hydrogens (tertiary/aromatic N) is 2. The molecule has 89 heavy (non-hydrogen) atoms. The standard InChI is InChI=1S/C70H68N12O7/c71-70(72)74-40-16-25-58(68(87)76-43-62(85)82-59(69(88)89)41-61(84)75-42-44-17-6-1-7-18-44)81-60(83)26-14-5-15-39-73-67(86)49-29-27-48(28-30-49)66-56-37-35-54(79-56)64(46-21-10-3-11-22-46)52-33-31-50(77-52)63(45-19-8-2-9-20-45)51-32-34-53(78-51)65(47-23-12-4-13-24-47)55-36-38-57(66)80-55/h1-4,6-13,17-24,27-38,58-59,77,80H,5,14-16,25-26,39-43H2,(H,73,86)(H,75,84)(H,76,87)(H,81,83)(H,82,85)(H,88,89)(H4,71,72,74)/t58-,59-/m0/s1. The minimum atomic E-state index is -1.56. The van der Waals surface area contributed by atoms with Crippen molar-refractivity contribution in [3.8, 4) is 44.5 Å².